The molecule has 0 aromatic carbocycles. The number of nitrogens with zero attached hydrogens (tertiary/aromatic N) is 1. The van der Waals surface area contributed by atoms with Gasteiger partial charge in [0.15, 0.2) is 0 Å². The lowest BCUT2D eigenvalue weighted by Crippen LogP contribution is -3.00. The Balaban J connectivity index is 0. The number of hydrogen-bond acceptors (Lipinski definition) is 0. The van der Waals surface area contributed by atoms with E-state index >= 15 is 0 Å². The minimum atomic E-state index is 0. The number of hydrogen-bond donors (Lipinski definition) is 0. The minimum absolute atomic E-state index is 0. The van der Waals surface area contributed by atoms with Crippen LogP contribution in [0.2, 0.25) is 0 Å². The monoisotopic (exact) mass is 678 g/mol. The molecule has 0 unspecified atom stereocenters. The van der Waals surface area contributed by atoms with Crippen LogP contribution in [0.4, 0.5) is 0 Å². The molecule has 40 heavy (non-hydrogen) atoms. The topological polar surface area (TPSA) is 0 Å². The molecule has 2 heteroatoms. The SMILES string of the molecule is CCCCCCCCCCCCCCCC[N+](CCC)(CCC)CCCCCCCCCCCCCCCC.[I-]. The number of rotatable bonds is 34. The van der Waals surface area contributed by atoms with E-state index in [1.807, 2.05) is 0 Å². The number of unbranched alkanes of at least 4 members (excludes halogenated alkanes) is 26. The van der Waals surface area contributed by atoms with Crippen LogP contribution in [-0.2, 0) is 0 Å². The summed E-state index contributed by atoms with van der Waals surface area (Å²) >= 11 is 0. The lowest BCUT2D eigenvalue weighted by Gasteiger charge is -2.39. The molecule has 0 saturated carbocycles. The van der Waals surface area contributed by atoms with Crippen LogP contribution in [0.3, 0.4) is 0 Å². The lowest BCUT2D eigenvalue weighted by atomic mass is 10.0. The molecule has 0 aliphatic heterocycles. The summed E-state index contributed by atoms with van der Waals surface area (Å²) in [5, 5.41) is 0. The van der Waals surface area contributed by atoms with Gasteiger partial charge in [0.25, 0.3) is 0 Å². The van der Waals surface area contributed by atoms with E-state index in [4.69, 9.17) is 0 Å². The standard InChI is InChI=1S/C38H80N.HI/c1-5-9-11-13-15-17-19-21-23-25-27-29-31-33-37-39(35-7-3,36-8-4)38-34-32-30-28-26-24-22-20-18-16-14-12-10-6-2;/h5-38H2,1-4H3;1H/q+1;/p-1. The van der Waals surface area contributed by atoms with Crippen LogP contribution in [0, 0.1) is 0 Å². The van der Waals surface area contributed by atoms with Crippen molar-refractivity contribution in [2.75, 3.05) is 26.2 Å². The molecule has 0 bridgehead atoms. The quantitative estimate of drug-likeness (QED) is 0.0361. The average Bonchev–Trinajstić information content (AvgIpc) is 2.93. The Bertz CT molecular complexity index is 397. The normalized spacial score (nSPS) is 11.7. The van der Waals surface area contributed by atoms with Gasteiger partial charge in [-0.15, -0.1) is 0 Å². The first kappa shape index (κ1) is 42.8. The fourth-order valence-electron chi connectivity index (χ4n) is 6.90. The maximum atomic E-state index is 2.42. The van der Waals surface area contributed by atoms with Gasteiger partial charge < -0.3 is 28.5 Å². The van der Waals surface area contributed by atoms with E-state index in [0.29, 0.717) is 0 Å². The fraction of sp³-hybridized carbons (Fsp3) is 1.00. The third-order valence-electron chi connectivity index (χ3n) is 9.37. The van der Waals surface area contributed by atoms with Crippen molar-refractivity contribution in [3.63, 3.8) is 0 Å². The van der Waals surface area contributed by atoms with Gasteiger partial charge >= 0.3 is 0 Å². The second kappa shape index (κ2) is 35.9. The molecule has 0 radical (unpaired) electrons. The van der Waals surface area contributed by atoms with E-state index in [9.17, 15) is 0 Å². The molecule has 0 aliphatic carbocycles. The molecule has 0 spiro atoms. The van der Waals surface area contributed by atoms with Gasteiger partial charge in [0, 0.05) is 0 Å². The highest BCUT2D eigenvalue weighted by molar-refractivity contribution is 4.54. The second-order valence-corrected chi connectivity index (χ2v) is 13.4. The molecule has 0 heterocycles. The third-order valence-corrected chi connectivity index (χ3v) is 9.37. The Morgan fingerprint density at radius 2 is 0.425 bits per heavy atom. The van der Waals surface area contributed by atoms with Crippen LogP contribution >= 0.6 is 0 Å². The molecular weight excluding hydrogens is 597 g/mol. The Hall–Kier alpha value is 0.690. The predicted octanol–water partition coefficient (Wildman–Crippen LogP) is 10.6. The zero-order valence-corrected chi connectivity index (χ0v) is 31.0. The first-order chi connectivity index (χ1) is 19.2. The first-order valence-electron chi connectivity index (χ1n) is 19.1. The molecule has 0 aliphatic rings. The lowest BCUT2D eigenvalue weighted by molar-refractivity contribution is -0.928. The van der Waals surface area contributed by atoms with E-state index in [0.717, 1.165) is 0 Å². The zero-order valence-electron chi connectivity index (χ0n) is 28.9. The number of halogens is 1. The molecule has 0 N–H and O–H groups in total. The molecular formula is C38H80IN. The summed E-state index contributed by atoms with van der Waals surface area (Å²) in [6.45, 7) is 15.2. The summed E-state index contributed by atoms with van der Waals surface area (Å²) in [5.41, 5.74) is 0. The van der Waals surface area contributed by atoms with Gasteiger partial charge in [-0.25, -0.2) is 0 Å². The average molecular weight is 678 g/mol. The molecule has 1 nitrogen and oxygen atoms in total. The molecule has 0 rings (SSSR count). The molecule has 0 amide bonds. The Morgan fingerprint density at radius 1 is 0.225 bits per heavy atom. The van der Waals surface area contributed by atoms with Gasteiger partial charge in [0.2, 0.25) is 0 Å². The van der Waals surface area contributed by atoms with Gasteiger partial charge in [0.1, 0.15) is 0 Å². The van der Waals surface area contributed by atoms with Crippen LogP contribution in [0.15, 0.2) is 0 Å². The third kappa shape index (κ3) is 30.2. The highest BCUT2D eigenvalue weighted by Crippen LogP contribution is 2.19. The van der Waals surface area contributed by atoms with Gasteiger partial charge in [-0.2, -0.15) is 0 Å². The summed E-state index contributed by atoms with van der Waals surface area (Å²) < 4.78 is 1.43. The second-order valence-electron chi connectivity index (χ2n) is 13.4. The predicted molar refractivity (Wildman–Crippen MR) is 181 cm³/mol. The smallest absolute Gasteiger partial charge is 0.0786 e. The molecule has 0 fully saturated rings. The van der Waals surface area contributed by atoms with Crippen molar-refractivity contribution in [1.82, 2.24) is 0 Å². The Labute approximate surface area is 273 Å². The summed E-state index contributed by atoms with van der Waals surface area (Å²) in [6.07, 6.45) is 43.9. The van der Waals surface area contributed by atoms with Gasteiger partial charge in [-0.3, -0.25) is 0 Å². The molecule has 0 aromatic rings. The van der Waals surface area contributed by atoms with Crippen molar-refractivity contribution >= 4 is 0 Å². The van der Waals surface area contributed by atoms with Crippen molar-refractivity contribution in [3.8, 4) is 0 Å². The van der Waals surface area contributed by atoms with Gasteiger partial charge in [0.05, 0.1) is 26.2 Å². The van der Waals surface area contributed by atoms with Crippen molar-refractivity contribution in [3.05, 3.63) is 0 Å². The van der Waals surface area contributed by atoms with Gasteiger partial charge in [-0.1, -0.05) is 182 Å². The summed E-state index contributed by atoms with van der Waals surface area (Å²) in [7, 11) is 0. The van der Waals surface area contributed by atoms with Crippen LogP contribution in [-0.4, -0.2) is 30.7 Å². The Morgan fingerprint density at radius 3 is 0.625 bits per heavy atom. The van der Waals surface area contributed by atoms with Crippen molar-refractivity contribution < 1.29 is 28.5 Å². The summed E-state index contributed by atoms with van der Waals surface area (Å²) in [4.78, 5) is 0. The van der Waals surface area contributed by atoms with Gasteiger partial charge in [-0.05, 0) is 38.5 Å². The molecule has 0 atom stereocenters. The van der Waals surface area contributed by atoms with Crippen molar-refractivity contribution in [2.45, 2.75) is 220 Å². The Kier molecular flexibility index (Phi) is 38.4. The van der Waals surface area contributed by atoms with E-state index < -0.39 is 0 Å². The van der Waals surface area contributed by atoms with Crippen LogP contribution in [0.25, 0.3) is 0 Å². The first-order valence-corrected chi connectivity index (χ1v) is 19.1. The van der Waals surface area contributed by atoms with E-state index in [1.54, 1.807) is 0 Å². The molecule has 0 aromatic heterocycles. The van der Waals surface area contributed by atoms with Crippen molar-refractivity contribution in [1.29, 1.82) is 0 Å². The number of quaternary nitrogens is 1. The maximum absolute atomic E-state index is 2.42. The summed E-state index contributed by atoms with van der Waals surface area (Å²) in [6, 6.07) is 0. The maximum Gasteiger partial charge on any atom is 0.0786 e. The minimum Gasteiger partial charge on any atom is -1.00 e. The van der Waals surface area contributed by atoms with Crippen molar-refractivity contribution in [2.24, 2.45) is 0 Å². The largest absolute Gasteiger partial charge is 1.00 e. The molecule has 244 valence electrons. The summed E-state index contributed by atoms with van der Waals surface area (Å²) in [5.74, 6) is 0. The zero-order chi connectivity index (χ0) is 28.5. The highest BCUT2D eigenvalue weighted by atomic mass is 127. The van der Waals surface area contributed by atoms with E-state index in [-0.39, 0.29) is 24.0 Å². The van der Waals surface area contributed by atoms with E-state index in [1.165, 1.54) is 223 Å². The van der Waals surface area contributed by atoms with Crippen LogP contribution in [0.1, 0.15) is 220 Å². The van der Waals surface area contributed by atoms with Crippen LogP contribution in [0.5, 0.6) is 0 Å². The highest BCUT2D eigenvalue weighted by Gasteiger charge is 2.24. The fourth-order valence-corrected chi connectivity index (χ4v) is 6.90. The molecule has 0 saturated heterocycles. The van der Waals surface area contributed by atoms with E-state index in [2.05, 4.69) is 27.7 Å². The van der Waals surface area contributed by atoms with Crippen LogP contribution < -0.4 is 24.0 Å².